The molecule has 1 heterocycles. The molecule has 0 fully saturated rings. The number of carbonyl (C=O) groups is 1. The van der Waals surface area contributed by atoms with E-state index in [0.29, 0.717) is 22.7 Å². The molecule has 1 amide bonds. The van der Waals surface area contributed by atoms with Gasteiger partial charge in [0.2, 0.25) is 4.74 Å². The van der Waals surface area contributed by atoms with Gasteiger partial charge in [-0.25, -0.2) is 0 Å². The minimum atomic E-state index is -0.170. The van der Waals surface area contributed by atoms with Gasteiger partial charge in [0.25, 0.3) is 5.91 Å². The number of carbonyl (C=O) groups excluding carboxylic acids is 1. The van der Waals surface area contributed by atoms with E-state index in [1.807, 2.05) is 32.0 Å². The quantitative estimate of drug-likeness (QED) is 0.923. The third-order valence-electron chi connectivity index (χ3n) is 2.56. The molecule has 4 heteroatoms. The zero-order valence-corrected chi connectivity index (χ0v) is 11.2. The van der Waals surface area contributed by atoms with E-state index in [1.165, 1.54) is 0 Å². The van der Waals surface area contributed by atoms with Crippen molar-refractivity contribution in [2.45, 2.75) is 13.8 Å². The van der Waals surface area contributed by atoms with Crippen LogP contribution in [0, 0.1) is 5.92 Å². The second-order valence-corrected chi connectivity index (χ2v) is 5.60. The molecule has 18 heavy (non-hydrogen) atoms. The molecule has 0 saturated carbocycles. The lowest BCUT2D eigenvalue weighted by Crippen LogP contribution is -2.27. The van der Waals surface area contributed by atoms with Gasteiger partial charge in [0.1, 0.15) is 0 Å². The molecule has 2 rings (SSSR count). The van der Waals surface area contributed by atoms with Crippen molar-refractivity contribution >= 4 is 28.0 Å². The Morgan fingerprint density at radius 3 is 2.78 bits per heavy atom. The molecular weight excluding hydrogens is 246 g/mol. The third kappa shape index (κ3) is 2.76. The van der Waals surface area contributed by atoms with Crippen LogP contribution in [0.2, 0.25) is 0 Å². The van der Waals surface area contributed by atoms with Gasteiger partial charge in [0, 0.05) is 11.9 Å². The van der Waals surface area contributed by atoms with Crippen LogP contribution in [0.5, 0.6) is 0 Å². The van der Waals surface area contributed by atoms with E-state index in [2.05, 4.69) is 5.32 Å². The maximum Gasteiger partial charge on any atom is 0.261 e. The van der Waals surface area contributed by atoms with E-state index in [9.17, 15) is 9.59 Å². The van der Waals surface area contributed by atoms with Crippen LogP contribution in [0.4, 0.5) is 0 Å². The van der Waals surface area contributed by atoms with Crippen molar-refractivity contribution in [3.63, 3.8) is 0 Å². The highest BCUT2D eigenvalue weighted by atomic mass is 32.1. The lowest BCUT2D eigenvalue weighted by molar-refractivity contribution is 0.0953. The fraction of sp³-hybridized carbons (Fsp3) is 0.286. The molecule has 3 nitrogen and oxygen atoms in total. The predicted octanol–water partition coefficient (Wildman–Crippen LogP) is 2.65. The van der Waals surface area contributed by atoms with E-state index >= 15 is 0 Å². The Morgan fingerprint density at radius 1 is 1.33 bits per heavy atom. The molecule has 0 aliphatic rings. The Bertz CT molecular complexity index is 631. The van der Waals surface area contributed by atoms with E-state index in [-0.39, 0.29) is 10.6 Å². The van der Waals surface area contributed by atoms with Crippen molar-refractivity contribution in [1.29, 1.82) is 0 Å². The van der Waals surface area contributed by atoms with E-state index < -0.39 is 0 Å². The van der Waals surface area contributed by atoms with Crippen LogP contribution in [-0.4, -0.2) is 12.5 Å². The highest BCUT2D eigenvalue weighted by Gasteiger charge is 2.10. The summed E-state index contributed by atoms with van der Waals surface area (Å²) in [5, 5.41) is 4.31. The molecule has 1 aromatic carbocycles. The highest BCUT2D eigenvalue weighted by molar-refractivity contribution is 7.12. The Morgan fingerprint density at radius 2 is 2.06 bits per heavy atom. The van der Waals surface area contributed by atoms with Gasteiger partial charge in [-0.2, -0.15) is 0 Å². The number of hydrogen-bond acceptors (Lipinski definition) is 3. The first-order valence-electron chi connectivity index (χ1n) is 5.89. The van der Waals surface area contributed by atoms with Gasteiger partial charge in [-0.15, -0.1) is 0 Å². The van der Waals surface area contributed by atoms with E-state index in [0.717, 1.165) is 16.7 Å². The van der Waals surface area contributed by atoms with Crippen molar-refractivity contribution in [1.82, 2.24) is 5.32 Å². The van der Waals surface area contributed by atoms with Gasteiger partial charge in [-0.05, 0) is 23.4 Å². The maximum atomic E-state index is 11.9. The van der Waals surface area contributed by atoms with Crippen molar-refractivity contribution in [3.05, 3.63) is 44.7 Å². The molecule has 94 valence electrons. The molecule has 0 aliphatic heterocycles. The molecule has 0 saturated heterocycles. The summed E-state index contributed by atoms with van der Waals surface area (Å²) in [4.78, 5) is 24.3. The van der Waals surface area contributed by atoms with Gasteiger partial charge in [0.15, 0.2) is 0 Å². The molecule has 0 aliphatic carbocycles. The first-order chi connectivity index (χ1) is 8.58. The van der Waals surface area contributed by atoms with Gasteiger partial charge in [-0.1, -0.05) is 43.4 Å². The fourth-order valence-electron chi connectivity index (χ4n) is 1.63. The summed E-state index contributed by atoms with van der Waals surface area (Å²) in [6, 6.07) is 9.10. The maximum absolute atomic E-state index is 11.9. The summed E-state index contributed by atoms with van der Waals surface area (Å²) < 4.78 is -0.0669. The molecular formula is C14H15NO2S. The molecule has 2 aromatic rings. The monoisotopic (exact) mass is 261 g/mol. The van der Waals surface area contributed by atoms with Crippen LogP contribution in [-0.2, 0) is 0 Å². The summed E-state index contributed by atoms with van der Waals surface area (Å²) in [7, 11) is 0. The number of fused-ring (bicyclic) bond motifs is 1. The van der Waals surface area contributed by atoms with Crippen LogP contribution >= 0.6 is 11.3 Å². The molecule has 0 radical (unpaired) electrons. The SMILES string of the molecule is CC(C)CNC(=O)c1cc2ccccc2c(=O)s1. The average molecular weight is 261 g/mol. The van der Waals surface area contributed by atoms with Crippen molar-refractivity contribution in [2.24, 2.45) is 5.92 Å². The van der Waals surface area contributed by atoms with Crippen molar-refractivity contribution < 1.29 is 4.79 Å². The summed E-state index contributed by atoms with van der Waals surface area (Å²) >= 11 is 0.999. The summed E-state index contributed by atoms with van der Waals surface area (Å²) in [5.74, 6) is 0.225. The van der Waals surface area contributed by atoms with Crippen molar-refractivity contribution in [2.75, 3.05) is 6.54 Å². The molecule has 0 unspecified atom stereocenters. The first-order valence-corrected chi connectivity index (χ1v) is 6.70. The summed E-state index contributed by atoms with van der Waals surface area (Å²) in [6.07, 6.45) is 0. The Hall–Kier alpha value is -1.68. The van der Waals surface area contributed by atoms with E-state index in [1.54, 1.807) is 12.1 Å². The molecule has 0 spiro atoms. The molecule has 1 N–H and O–H groups in total. The third-order valence-corrected chi connectivity index (χ3v) is 3.49. The number of rotatable bonds is 3. The lowest BCUT2D eigenvalue weighted by atomic mass is 10.2. The van der Waals surface area contributed by atoms with Crippen LogP contribution < -0.4 is 10.1 Å². The second kappa shape index (κ2) is 5.31. The Kier molecular flexibility index (Phi) is 3.77. The topological polar surface area (TPSA) is 46.2 Å². The number of benzene rings is 1. The summed E-state index contributed by atoms with van der Waals surface area (Å²) in [5.41, 5.74) is 0. The number of hydrogen-bond donors (Lipinski definition) is 1. The average Bonchev–Trinajstić information content (AvgIpc) is 2.36. The summed E-state index contributed by atoms with van der Waals surface area (Å²) in [6.45, 7) is 4.68. The van der Waals surface area contributed by atoms with Gasteiger partial charge < -0.3 is 5.32 Å². The zero-order valence-electron chi connectivity index (χ0n) is 10.4. The number of amides is 1. The fourth-order valence-corrected chi connectivity index (χ4v) is 2.48. The highest BCUT2D eigenvalue weighted by Crippen LogP contribution is 2.14. The van der Waals surface area contributed by atoms with Crippen LogP contribution in [0.3, 0.4) is 0 Å². The second-order valence-electron chi connectivity index (χ2n) is 4.59. The Labute approximate surface area is 109 Å². The largest absolute Gasteiger partial charge is 0.351 e. The van der Waals surface area contributed by atoms with Gasteiger partial charge in [0.05, 0.1) is 4.88 Å². The van der Waals surface area contributed by atoms with Crippen LogP contribution in [0.1, 0.15) is 23.5 Å². The molecule has 1 aromatic heterocycles. The predicted molar refractivity (Wildman–Crippen MR) is 75.3 cm³/mol. The molecule has 0 atom stereocenters. The van der Waals surface area contributed by atoms with Crippen LogP contribution in [0.25, 0.3) is 10.8 Å². The van der Waals surface area contributed by atoms with Gasteiger partial charge in [-0.3, -0.25) is 9.59 Å². The van der Waals surface area contributed by atoms with Crippen LogP contribution in [0.15, 0.2) is 35.1 Å². The normalized spacial score (nSPS) is 10.8. The first kappa shape index (κ1) is 12.8. The molecule has 0 bridgehead atoms. The minimum absolute atomic E-state index is 0.0669. The van der Waals surface area contributed by atoms with Gasteiger partial charge >= 0.3 is 0 Å². The van der Waals surface area contributed by atoms with E-state index in [4.69, 9.17) is 0 Å². The number of nitrogens with one attached hydrogen (secondary N) is 1. The Balaban J connectivity index is 2.35. The zero-order chi connectivity index (χ0) is 13.1. The standard InChI is InChI=1S/C14H15NO2S/c1-9(2)8-15-13(16)12-7-10-5-3-4-6-11(10)14(17)18-12/h3-7,9H,8H2,1-2H3,(H,15,16). The lowest BCUT2D eigenvalue weighted by Gasteiger charge is -2.07. The smallest absolute Gasteiger partial charge is 0.261 e. The van der Waals surface area contributed by atoms with Crippen molar-refractivity contribution in [3.8, 4) is 0 Å². The minimum Gasteiger partial charge on any atom is -0.351 e.